The van der Waals surface area contributed by atoms with Crippen LogP contribution in [0.25, 0.3) is 0 Å². The minimum Gasteiger partial charge on any atom is -0.374 e. The number of ether oxygens (including phenoxy) is 1. The average Bonchev–Trinajstić information content (AvgIpc) is 2.47. The van der Waals surface area contributed by atoms with E-state index in [0.29, 0.717) is 13.2 Å². The zero-order valence-corrected chi connectivity index (χ0v) is 11.1. The lowest BCUT2D eigenvalue weighted by molar-refractivity contribution is -0.384. The van der Waals surface area contributed by atoms with E-state index in [4.69, 9.17) is 4.74 Å². The number of nitro benzene ring substituents is 1. The molecule has 5 nitrogen and oxygen atoms in total. The molecule has 1 aliphatic rings. The van der Waals surface area contributed by atoms with Crippen LogP contribution in [0.5, 0.6) is 0 Å². The monoisotopic (exact) mass is 288 g/mol. The Morgan fingerprint density at radius 1 is 1.29 bits per heavy atom. The molecular weight excluding hydrogens is 275 g/mol. The van der Waals surface area contributed by atoms with Crippen molar-refractivity contribution in [2.45, 2.75) is 12.6 Å². The maximum atomic E-state index is 13.4. The van der Waals surface area contributed by atoms with Crippen LogP contribution in [0.1, 0.15) is 17.2 Å². The van der Waals surface area contributed by atoms with Gasteiger partial charge in [-0.2, -0.15) is 0 Å². The molecule has 1 heterocycles. The van der Waals surface area contributed by atoms with Gasteiger partial charge in [-0.05, 0) is 17.2 Å². The first-order valence-electron chi connectivity index (χ1n) is 6.51. The van der Waals surface area contributed by atoms with Gasteiger partial charge < -0.3 is 10.1 Å². The molecule has 21 heavy (non-hydrogen) atoms. The summed E-state index contributed by atoms with van der Waals surface area (Å²) in [7, 11) is 0. The van der Waals surface area contributed by atoms with Crippen molar-refractivity contribution >= 4 is 11.4 Å². The fraction of sp³-hybridized carbons (Fsp3) is 0.200. The van der Waals surface area contributed by atoms with Crippen LogP contribution in [-0.2, 0) is 11.3 Å². The second kappa shape index (κ2) is 5.49. The summed E-state index contributed by atoms with van der Waals surface area (Å²) in [6.07, 6.45) is 0. The van der Waals surface area contributed by atoms with Crippen LogP contribution in [0, 0.1) is 15.9 Å². The van der Waals surface area contributed by atoms with Gasteiger partial charge in [0.05, 0.1) is 24.2 Å². The largest absolute Gasteiger partial charge is 0.374 e. The Hall–Kier alpha value is -2.47. The summed E-state index contributed by atoms with van der Waals surface area (Å²) < 4.78 is 18.9. The van der Waals surface area contributed by atoms with Crippen molar-refractivity contribution in [3.8, 4) is 0 Å². The Bertz CT molecular complexity index is 690. The van der Waals surface area contributed by atoms with E-state index in [9.17, 15) is 14.5 Å². The number of nitrogens with zero attached hydrogens (tertiary/aromatic N) is 1. The van der Waals surface area contributed by atoms with Gasteiger partial charge in [-0.15, -0.1) is 0 Å². The van der Waals surface area contributed by atoms with Crippen molar-refractivity contribution in [1.29, 1.82) is 0 Å². The summed E-state index contributed by atoms with van der Waals surface area (Å²) in [5.74, 6) is -0.520. The molecule has 0 aromatic heterocycles. The summed E-state index contributed by atoms with van der Waals surface area (Å²) in [6.45, 7) is 0.893. The van der Waals surface area contributed by atoms with Gasteiger partial charge in [-0.3, -0.25) is 10.1 Å². The fourth-order valence-electron chi connectivity index (χ4n) is 2.47. The van der Waals surface area contributed by atoms with E-state index in [1.54, 1.807) is 0 Å². The summed E-state index contributed by atoms with van der Waals surface area (Å²) in [5, 5.41) is 14.1. The smallest absolute Gasteiger partial charge is 0.292 e. The molecule has 2 aromatic carbocycles. The molecule has 1 unspecified atom stereocenters. The highest BCUT2D eigenvalue weighted by atomic mass is 19.1. The van der Waals surface area contributed by atoms with E-state index >= 15 is 0 Å². The van der Waals surface area contributed by atoms with Gasteiger partial charge in [0, 0.05) is 12.1 Å². The summed E-state index contributed by atoms with van der Waals surface area (Å²) in [4.78, 5) is 10.5. The van der Waals surface area contributed by atoms with Crippen molar-refractivity contribution in [2.75, 3.05) is 11.9 Å². The second-order valence-corrected chi connectivity index (χ2v) is 4.83. The van der Waals surface area contributed by atoms with Gasteiger partial charge in [0.15, 0.2) is 0 Å². The molecule has 1 aliphatic heterocycles. The Morgan fingerprint density at radius 2 is 2.10 bits per heavy atom. The molecule has 0 radical (unpaired) electrons. The predicted molar refractivity (Wildman–Crippen MR) is 75.5 cm³/mol. The Balaban J connectivity index is 1.95. The summed E-state index contributed by atoms with van der Waals surface area (Å²) in [6, 6.07) is 10.8. The molecule has 0 bridgehead atoms. The quantitative estimate of drug-likeness (QED) is 0.694. The van der Waals surface area contributed by atoms with Crippen LogP contribution in [0.3, 0.4) is 0 Å². The van der Waals surface area contributed by atoms with Crippen LogP contribution >= 0.6 is 0 Å². The molecule has 2 aromatic rings. The van der Waals surface area contributed by atoms with Crippen LogP contribution < -0.4 is 5.32 Å². The molecule has 0 aliphatic carbocycles. The zero-order chi connectivity index (χ0) is 14.8. The van der Waals surface area contributed by atoms with E-state index in [0.717, 1.165) is 29.3 Å². The zero-order valence-electron chi connectivity index (χ0n) is 11.1. The Morgan fingerprint density at radius 3 is 2.90 bits per heavy atom. The van der Waals surface area contributed by atoms with Gasteiger partial charge in [-0.25, -0.2) is 4.39 Å². The molecule has 0 saturated heterocycles. The fourth-order valence-corrected chi connectivity index (χ4v) is 2.47. The highest BCUT2D eigenvalue weighted by molar-refractivity contribution is 5.62. The summed E-state index contributed by atoms with van der Waals surface area (Å²) in [5.41, 5.74) is 2.05. The van der Waals surface area contributed by atoms with Crippen molar-refractivity contribution in [2.24, 2.45) is 0 Å². The van der Waals surface area contributed by atoms with E-state index in [1.807, 2.05) is 24.3 Å². The van der Waals surface area contributed by atoms with Crippen molar-refractivity contribution in [3.05, 3.63) is 69.5 Å². The van der Waals surface area contributed by atoms with Crippen LogP contribution in [-0.4, -0.2) is 11.5 Å². The number of nitro groups is 1. The molecular formula is C15H13FN2O3. The first kappa shape index (κ1) is 13.5. The normalized spacial score (nSPS) is 17.1. The van der Waals surface area contributed by atoms with E-state index in [-0.39, 0.29) is 17.4 Å². The number of nitrogens with one attached hydrogen (secondary N) is 1. The lowest BCUT2D eigenvalue weighted by Gasteiger charge is -2.27. The standard InChI is InChI=1S/C15H13FN2O3/c16-11-5-6-15(18(19)20)13(7-11)17-14-9-21-8-10-3-1-2-4-12(10)14/h1-7,14,17H,8-9H2. The van der Waals surface area contributed by atoms with Gasteiger partial charge in [0.1, 0.15) is 11.5 Å². The number of hydrogen-bond acceptors (Lipinski definition) is 4. The molecule has 1 atom stereocenters. The van der Waals surface area contributed by atoms with Gasteiger partial charge in [0.2, 0.25) is 0 Å². The molecule has 6 heteroatoms. The lowest BCUT2D eigenvalue weighted by Crippen LogP contribution is -2.23. The molecule has 0 saturated carbocycles. The highest BCUT2D eigenvalue weighted by Gasteiger charge is 2.23. The third-order valence-electron chi connectivity index (χ3n) is 3.46. The SMILES string of the molecule is O=[N+]([O-])c1ccc(F)cc1NC1COCc2ccccc21. The van der Waals surface area contributed by atoms with Gasteiger partial charge >= 0.3 is 0 Å². The number of anilines is 1. The first-order valence-corrected chi connectivity index (χ1v) is 6.51. The van der Waals surface area contributed by atoms with E-state index in [1.165, 1.54) is 0 Å². The molecule has 108 valence electrons. The number of rotatable bonds is 3. The third kappa shape index (κ3) is 2.71. The third-order valence-corrected chi connectivity index (χ3v) is 3.46. The van der Waals surface area contributed by atoms with Crippen LogP contribution in [0.4, 0.5) is 15.8 Å². The van der Waals surface area contributed by atoms with Crippen LogP contribution in [0.2, 0.25) is 0 Å². The molecule has 3 rings (SSSR count). The summed E-state index contributed by atoms with van der Waals surface area (Å²) >= 11 is 0. The van der Waals surface area contributed by atoms with Gasteiger partial charge in [0.25, 0.3) is 5.69 Å². The molecule has 0 amide bonds. The lowest BCUT2D eigenvalue weighted by atomic mass is 9.99. The second-order valence-electron chi connectivity index (χ2n) is 4.83. The molecule has 1 N–H and O–H groups in total. The van der Waals surface area contributed by atoms with Gasteiger partial charge in [-0.1, -0.05) is 24.3 Å². The number of fused-ring (bicyclic) bond motifs is 1. The number of benzene rings is 2. The number of hydrogen-bond donors (Lipinski definition) is 1. The van der Waals surface area contributed by atoms with E-state index < -0.39 is 10.7 Å². The molecule has 0 fully saturated rings. The van der Waals surface area contributed by atoms with Crippen molar-refractivity contribution in [1.82, 2.24) is 0 Å². The van der Waals surface area contributed by atoms with Crippen molar-refractivity contribution < 1.29 is 14.1 Å². The van der Waals surface area contributed by atoms with Crippen LogP contribution in [0.15, 0.2) is 42.5 Å². The predicted octanol–water partition coefficient (Wildman–Crippen LogP) is 3.42. The Labute approximate surface area is 120 Å². The maximum Gasteiger partial charge on any atom is 0.292 e. The van der Waals surface area contributed by atoms with E-state index in [2.05, 4.69) is 5.32 Å². The Kier molecular flexibility index (Phi) is 3.53. The minimum absolute atomic E-state index is 0.153. The number of halogens is 1. The molecule has 0 spiro atoms. The first-order chi connectivity index (χ1) is 10.1. The minimum atomic E-state index is -0.530. The maximum absolute atomic E-state index is 13.4. The highest BCUT2D eigenvalue weighted by Crippen LogP contribution is 2.32. The topological polar surface area (TPSA) is 64.4 Å². The van der Waals surface area contributed by atoms with Crippen molar-refractivity contribution in [3.63, 3.8) is 0 Å². The average molecular weight is 288 g/mol.